The summed E-state index contributed by atoms with van der Waals surface area (Å²) in [5.74, 6) is -0.239. The van der Waals surface area contributed by atoms with E-state index in [2.05, 4.69) is 4.90 Å². The number of aliphatic hydroxyl groups is 1. The third-order valence-electron chi connectivity index (χ3n) is 3.72. The maximum Gasteiger partial charge on any atom is 0.306 e. The highest BCUT2D eigenvalue weighted by Crippen LogP contribution is 2.16. The average molecular weight is 313 g/mol. The Labute approximate surface area is 137 Å². The van der Waals surface area contributed by atoms with Crippen molar-refractivity contribution in [2.24, 2.45) is 0 Å². The normalized spacial score (nSPS) is 12.1. The molecular formula is C19H23NO3. The first-order valence-corrected chi connectivity index (χ1v) is 7.75. The van der Waals surface area contributed by atoms with E-state index in [1.54, 1.807) is 0 Å². The van der Waals surface area contributed by atoms with Gasteiger partial charge < -0.3 is 9.84 Å². The molecule has 0 bridgehead atoms. The number of esters is 1. The van der Waals surface area contributed by atoms with Gasteiger partial charge in [-0.05, 0) is 11.1 Å². The lowest BCUT2D eigenvalue weighted by Gasteiger charge is -2.25. The third kappa shape index (κ3) is 5.85. The molecule has 23 heavy (non-hydrogen) atoms. The number of rotatable bonds is 8. The largest absolute Gasteiger partial charge is 0.469 e. The molecular weight excluding hydrogens is 290 g/mol. The van der Waals surface area contributed by atoms with Crippen LogP contribution >= 0.6 is 0 Å². The SMILES string of the molecule is COC(=O)CCN(Cc1ccccc1)CC(O)c1ccccc1. The lowest BCUT2D eigenvalue weighted by atomic mass is 10.1. The number of carbonyl (C=O) groups excluding carboxylic acids is 1. The van der Waals surface area contributed by atoms with Crippen LogP contribution in [0.2, 0.25) is 0 Å². The van der Waals surface area contributed by atoms with Crippen LogP contribution in [0.3, 0.4) is 0 Å². The van der Waals surface area contributed by atoms with E-state index in [0.29, 0.717) is 26.1 Å². The van der Waals surface area contributed by atoms with Crippen molar-refractivity contribution < 1.29 is 14.6 Å². The fourth-order valence-corrected chi connectivity index (χ4v) is 2.45. The van der Waals surface area contributed by atoms with Crippen LogP contribution in [0, 0.1) is 0 Å². The summed E-state index contributed by atoms with van der Waals surface area (Å²) in [5, 5.41) is 10.4. The van der Waals surface area contributed by atoms with Crippen LogP contribution in [0.4, 0.5) is 0 Å². The van der Waals surface area contributed by atoms with Gasteiger partial charge in [0, 0.05) is 19.6 Å². The summed E-state index contributed by atoms with van der Waals surface area (Å²) in [5.41, 5.74) is 2.03. The molecule has 0 aliphatic carbocycles. The van der Waals surface area contributed by atoms with E-state index in [9.17, 15) is 9.90 Å². The highest BCUT2D eigenvalue weighted by atomic mass is 16.5. The minimum absolute atomic E-state index is 0.239. The Balaban J connectivity index is 2.01. The van der Waals surface area contributed by atoms with Crippen molar-refractivity contribution in [3.63, 3.8) is 0 Å². The monoisotopic (exact) mass is 313 g/mol. The van der Waals surface area contributed by atoms with E-state index in [4.69, 9.17) is 4.74 Å². The summed E-state index contributed by atoms with van der Waals surface area (Å²) < 4.78 is 4.71. The second-order valence-corrected chi connectivity index (χ2v) is 5.47. The summed E-state index contributed by atoms with van der Waals surface area (Å²) in [6, 6.07) is 19.6. The van der Waals surface area contributed by atoms with Crippen molar-refractivity contribution >= 4 is 5.97 Å². The van der Waals surface area contributed by atoms with E-state index < -0.39 is 6.10 Å². The van der Waals surface area contributed by atoms with Gasteiger partial charge in [0.2, 0.25) is 0 Å². The molecule has 2 rings (SSSR count). The second-order valence-electron chi connectivity index (χ2n) is 5.47. The van der Waals surface area contributed by atoms with Gasteiger partial charge in [-0.15, -0.1) is 0 Å². The number of hydrogen-bond donors (Lipinski definition) is 1. The highest BCUT2D eigenvalue weighted by Gasteiger charge is 2.15. The Morgan fingerprint density at radius 2 is 1.70 bits per heavy atom. The van der Waals surface area contributed by atoms with Gasteiger partial charge in [0.25, 0.3) is 0 Å². The van der Waals surface area contributed by atoms with E-state index >= 15 is 0 Å². The molecule has 1 unspecified atom stereocenters. The first-order chi connectivity index (χ1) is 11.2. The summed E-state index contributed by atoms with van der Waals surface area (Å²) in [4.78, 5) is 13.5. The average Bonchev–Trinajstić information content (AvgIpc) is 2.61. The second kappa shape index (κ2) is 9.08. The standard InChI is InChI=1S/C19H23NO3/c1-23-19(22)12-13-20(14-16-8-4-2-5-9-16)15-18(21)17-10-6-3-7-11-17/h2-11,18,21H,12-15H2,1H3. The fourth-order valence-electron chi connectivity index (χ4n) is 2.45. The molecule has 2 aromatic rings. The maximum atomic E-state index is 11.4. The number of nitrogens with zero attached hydrogens (tertiary/aromatic N) is 1. The molecule has 1 atom stereocenters. The van der Waals surface area contributed by atoms with Crippen LogP contribution in [0.1, 0.15) is 23.7 Å². The Kier molecular flexibility index (Phi) is 6.78. The lowest BCUT2D eigenvalue weighted by molar-refractivity contribution is -0.141. The highest BCUT2D eigenvalue weighted by molar-refractivity contribution is 5.69. The van der Waals surface area contributed by atoms with Crippen molar-refractivity contribution in [3.8, 4) is 0 Å². The molecule has 0 saturated carbocycles. The number of aliphatic hydroxyl groups excluding tert-OH is 1. The lowest BCUT2D eigenvalue weighted by Crippen LogP contribution is -2.30. The van der Waals surface area contributed by atoms with Gasteiger partial charge >= 0.3 is 5.97 Å². The van der Waals surface area contributed by atoms with Gasteiger partial charge in [-0.2, -0.15) is 0 Å². The number of carbonyl (C=O) groups is 1. The molecule has 0 saturated heterocycles. The Morgan fingerprint density at radius 3 is 2.30 bits per heavy atom. The molecule has 2 aromatic carbocycles. The van der Waals surface area contributed by atoms with Crippen molar-refractivity contribution in [2.75, 3.05) is 20.2 Å². The molecule has 0 aliphatic rings. The molecule has 4 heteroatoms. The quantitative estimate of drug-likeness (QED) is 0.761. The van der Waals surface area contributed by atoms with Crippen LogP contribution in [0.5, 0.6) is 0 Å². The molecule has 122 valence electrons. The summed E-state index contributed by atoms with van der Waals surface area (Å²) in [6.45, 7) is 1.70. The number of benzene rings is 2. The van der Waals surface area contributed by atoms with E-state index in [0.717, 1.165) is 11.1 Å². The molecule has 0 aliphatic heterocycles. The molecule has 0 fully saturated rings. The van der Waals surface area contributed by atoms with Crippen LogP contribution in [-0.2, 0) is 16.1 Å². The van der Waals surface area contributed by atoms with E-state index in [1.165, 1.54) is 7.11 Å². The Morgan fingerprint density at radius 1 is 1.09 bits per heavy atom. The molecule has 1 N–H and O–H groups in total. The van der Waals surface area contributed by atoms with Crippen LogP contribution < -0.4 is 0 Å². The number of hydrogen-bond acceptors (Lipinski definition) is 4. The van der Waals surface area contributed by atoms with Crippen LogP contribution in [-0.4, -0.2) is 36.2 Å². The fraction of sp³-hybridized carbons (Fsp3) is 0.316. The van der Waals surface area contributed by atoms with E-state index in [-0.39, 0.29) is 5.97 Å². The van der Waals surface area contributed by atoms with Crippen molar-refractivity contribution in [1.29, 1.82) is 0 Å². The Hall–Kier alpha value is -2.17. The first-order valence-electron chi connectivity index (χ1n) is 7.75. The molecule has 0 aromatic heterocycles. The zero-order valence-electron chi connectivity index (χ0n) is 13.4. The smallest absolute Gasteiger partial charge is 0.306 e. The van der Waals surface area contributed by atoms with Gasteiger partial charge in [0.1, 0.15) is 0 Å². The predicted molar refractivity (Wildman–Crippen MR) is 89.8 cm³/mol. The zero-order valence-corrected chi connectivity index (χ0v) is 13.4. The predicted octanol–water partition coefficient (Wildman–Crippen LogP) is 2.79. The van der Waals surface area contributed by atoms with Crippen molar-refractivity contribution in [2.45, 2.75) is 19.1 Å². The molecule has 0 radical (unpaired) electrons. The minimum Gasteiger partial charge on any atom is -0.469 e. The van der Waals surface area contributed by atoms with Gasteiger partial charge in [0.15, 0.2) is 0 Å². The first kappa shape index (κ1) is 17.2. The summed E-state index contributed by atoms with van der Waals surface area (Å²) >= 11 is 0. The molecule has 0 spiro atoms. The van der Waals surface area contributed by atoms with Gasteiger partial charge in [0.05, 0.1) is 19.6 Å². The molecule has 0 heterocycles. The Bertz CT molecular complexity index is 586. The third-order valence-corrected chi connectivity index (χ3v) is 3.72. The summed E-state index contributed by atoms with van der Waals surface area (Å²) in [6.07, 6.45) is -0.275. The maximum absolute atomic E-state index is 11.4. The van der Waals surface area contributed by atoms with Crippen LogP contribution in [0.15, 0.2) is 60.7 Å². The van der Waals surface area contributed by atoms with Crippen molar-refractivity contribution in [1.82, 2.24) is 4.90 Å². The van der Waals surface area contributed by atoms with E-state index in [1.807, 2.05) is 60.7 Å². The summed E-state index contributed by atoms with van der Waals surface area (Å²) in [7, 11) is 1.39. The zero-order chi connectivity index (χ0) is 16.5. The van der Waals surface area contributed by atoms with Crippen molar-refractivity contribution in [3.05, 3.63) is 71.8 Å². The van der Waals surface area contributed by atoms with Gasteiger partial charge in [-0.1, -0.05) is 60.7 Å². The molecule has 0 amide bonds. The van der Waals surface area contributed by atoms with Crippen LogP contribution in [0.25, 0.3) is 0 Å². The minimum atomic E-state index is -0.586. The number of ether oxygens (including phenoxy) is 1. The topological polar surface area (TPSA) is 49.8 Å². The number of methoxy groups -OCH3 is 1. The molecule has 4 nitrogen and oxygen atoms in total. The van der Waals surface area contributed by atoms with Gasteiger partial charge in [-0.3, -0.25) is 9.69 Å². The van der Waals surface area contributed by atoms with Gasteiger partial charge in [-0.25, -0.2) is 0 Å².